The number of methoxy groups -OCH3 is 1. The average Bonchev–Trinajstić information content (AvgIpc) is 2.59. The van der Waals surface area contributed by atoms with Gasteiger partial charge in [-0.3, -0.25) is 10.1 Å². The molecule has 0 atom stereocenters. The molecule has 24 heavy (non-hydrogen) atoms. The fourth-order valence-corrected chi connectivity index (χ4v) is 3.78. The summed E-state index contributed by atoms with van der Waals surface area (Å²) in [5.74, 6) is 0. The summed E-state index contributed by atoms with van der Waals surface area (Å²) in [5, 5.41) is 14.2. The number of ether oxygens (including phenoxy) is 2. The van der Waals surface area contributed by atoms with E-state index in [-0.39, 0.29) is 29.4 Å². The second-order valence-electron chi connectivity index (χ2n) is 5.23. The molecule has 1 aliphatic heterocycles. The van der Waals surface area contributed by atoms with E-state index in [1.807, 2.05) is 0 Å². The van der Waals surface area contributed by atoms with E-state index in [2.05, 4.69) is 5.32 Å². The fraction of sp³-hybridized carbons (Fsp3) is 0.571. The monoisotopic (exact) mass is 359 g/mol. The van der Waals surface area contributed by atoms with Crippen LogP contribution in [-0.4, -0.2) is 64.2 Å². The molecule has 0 amide bonds. The molecule has 0 spiro atoms. The van der Waals surface area contributed by atoms with Crippen molar-refractivity contribution in [1.29, 1.82) is 0 Å². The minimum absolute atomic E-state index is 0.0847. The molecule has 1 heterocycles. The highest BCUT2D eigenvalue weighted by Crippen LogP contribution is 2.29. The molecule has 0 saturated carbocycles. The Morgan fingerprint density at radius 2 is 2.08 bits per heavy atom. The Labute approximate surface area is 140 Å². The molecule has 1 N–H and O–H groups in total. The largest absolute Gasteiger partial charge is 0.385 e. The predicted molar refractivity (Wildman–Crippen MR) is 87.7 cm³/mol. The van der Waals surface area contributed by atoms with Crippen LogP contribution in [0.3, 0.4) is 0 Å². The van der Waals surface area contributed by atoms with Gasteiger partial charge in [-0.05, 0) is 18.6 Å². The molecular weight excluding hydrogens is 338 g/mol. The summed E-state index contributed by atoms with van der Waals surface area (Å²) < 4.78 is 36.5. The smallest absolute Gasteiger partial charge is 0.293 e. The Hall–Kier alpha value is -1.75. The number of nitro benzene ring substituents is 1. The van der Waals surface area contributed by atoms with E-state index in [1.54, 1.807) is 7.11 Å². The van der Waals surface area contributed by atoms with Crippen LogP contribution in [-0.2, 0) is 19.5 Å². The van der Waals surface area contributed by atoms with Gasteiger partial charge in [-0.2, -0.15) is 4.31 Å². The van der Waals surface area contributed by atoms with Crippen molar-refractivity contribution in [2.75, 3.05) is 51.9 Å². The van der Waals surface area contributed by atoms with Gasteiger partial charge < -0.3 is 14.8 Å². The second-order valence-corrected chi connectivity index (χ2v) is 7.16. The number of morpholine rings is 1. The van der Waals surface area contributed by atoms with Gasteiger partial charge in [0.1, 0.15) is 5.69 Å². The Morgan fingerprint density at radius 1 is 1.38 bits per heavy atom. The first-order chi connectivity index (χ1) is 11.5. The third-order valence-electron chi connectivity index (χ3n) is 3.61. The average molecular weight is 359 g/mol. The zero-order valence-corrected chi connectivity index (χ0v) is 14.3. The number of hydrogen-bond donors (Lipinski definition) is 1. The van der Waals surface area contributed by atoms with Crippen molar-refractivity contribution in [1.82, 2.24) is 4.31 Å². The molecule has 0 radical (unpaired) electrons. The Balaban J connectivity index is 2.22. The lowest BCUT2D eigenvalue weighted by Crippen LogP contribution is -2.40. The van der Waals surface area contributed by atoms with Gasteiger partial charge in [0.05, 0.1) is 23.0 Å². The van der Waals surface area contributed by atoms with Crippen molar-refractivity contribution in [2.45, 2.75) is 11.3 Å². The van der Waals surface area contributed by atoms with Gasteiger partial charge in [0.15, 0.2) is 0 Å². The van der Waals surface area contributed by atoms with Crippen molar-refractivity contribution in [3.05, 3.63) is 28.3 Å². The van der Waals surface area contributed by atoms with E-state index in [4.69, 9.17) is 9.47 Å². The molecule has 9 nitrogen and oxygen atoms in total. The van der Waals surface area contributed by atoms with Crippen LogP contribution in [0.1, 0.15) is 6.42 Å². The topological polar surface area (TPSA) is 111 Å². The minimum atomic E-state index is -3.76. The number of rotatable bonds is 8. The fourth-order valence-electron chi connectivity index (χ4n) is 2.35. The summed E-state index contributed by atoms with van der Waals surface area (Å²) in [6.07, 6.45) is 0.682. The standard InChI is InChI=1S/C14H21N3O6S/c1-22-8-2-5-15-13-4-3-12(11-14(13)17(18)19)24(20,21)16-6-9-23-10-7-16/h3-4,11,15H,2,5-10H2,1H3. The van der Waals surface area contributed by atoms with Crippen LogP contribution in [0.4, 0.5) is 11.4 Å². The number of nitrogens with zero attached hydrogens (tertiary/aromatic N) is 2. The first kappa shape index (κ1) is 18.6. The summed E-state index contributed by atoms with van der Waals surface area (Å²) in [6.45, 7) is 2.15. The molecule has 1 aromatic carbocycles. The van der Waals surface area contributed by atoms with Gasteiger partial charge in [-0.25, -0.2) is 8.42 Å². The number of benzene rings is 1. The van der Waals surface area contributed by atoms with Crippen molar-refractivity contribution in [3.63, 3.8) is 0 Å². The van der Waals surface area contributed by atoms with E-state index in [9.17, 15) is 18.5 Å². The van der Waals surface area contributed by atoms with E-state index in [0.29, 0.717) is 32.8 Å². The molecule has 0 aromatic heterocycles. The lowest BCUT2D eigenvalue weighted by Gasteiger charge is -2.26. The van der Waals surface area contributed by atoms with E-state index in [0.717, 1.165) is 6.07 Å². The molecule has 1 fully saturated rings. The Kier molecular flexibility index (Phi) is 6.49. The van der Waals surface area contributed by atoms with Crippen LogP contribution < -0.4 is 5.32 Å². The number of sulfonamides is 1. The molecule has 0 bridgehead atoms. The summed E-state index contributed by atoms with van der Waals surface area (Å²) in [7, 11) is -2.19. The van der Waals surface area contributed by atoms with Crippen LogP contribution in [0, 0.1) is 10.1 Å². The molecule has 1 aliphatic rings. The van der Waals surface area contributed by atoms with Gasteiger partial charge in [0, 0.05) is 39.4 Å². The molecular formula is C14H21N3O6S. The van der Waals surface area contributed by atoms with E-state index >= 15 is 0 Å². The van der Waals surface area contributed by atoms with Crippen LogP contribution in [0.2, 0.25) is 0 Å². The maximum absolute atomic E-state index is 12.6. The second kappa shape index (κ2) is 8.38. The summed E-state index contributed by atoms with van der Waals surface area (Å²) in [4.78, 5) is 10.6. The van der Waals surface area contributed by atoms with Crippen molar-refractivity contribution in [2.24, 2.45) is 0 Å². The Morgan fingerprint density at radius 3 is 2.71 bits per heavy atom. The molecule has 134 valence electrons. The predicted octanol–water partition coefficient (Wildman–Crippen LogP) is 1.06. The molecule has 2 rings (SSSR count). The third kappa shape index (κ3) is 4.41. The number of anilines is 1. The normalized spacial score (nSPS) is 16.0. The highest BCUT2D eigenvalue weighted by molar-refractivity contribution is 7.89. The first-order valence-corrected chi connectivity index (χ1v) is 9.00. The van der Waals surface area contributed by atoms with Gasteiger partial charge in [0.2, 0.25) is 10.0 Å². The van der Waals surface area contributed by atoms with Crippen LogP contribution >= 0.6 is 0 Å². The lowest BCUT2D eigenvalue weighted by atomic mass is 10.2. The highest BCUT2D eigenvalue weighted by Gasteiger charge is 2.28. The highest BCUT2D eigenvalue weighted by atomic mass is 32.2. The summed E-state index contributed by atoms with van der Waals surface area (Å²) in [6, 6.07) is 3.91. The minimum Gasteiger partial charge on any atom is -0.385 e. The van der Waals surface area contributed by atoms with Crippen molar-refractivity contribution < 1.29 is 22.8 Å². The molecule has 0 aliphatic carbocycles. The number of nitrogens with one attached hydrogen (secondary N) is 1. The van der Waals surface area contributed by atoms with E-state index < -0.39 is 14.9 Å². The van der Waals surface area contributed by atoms with Crippen molar-refractivity contribution in [3.8, 4) is 0 Å². The van der Waals surface area contributed by atoms with Crippen LogP contribution in [0.15, 0.2) is 23.1 Å². The molecule has 10 heteroatoms. The van der Waals surface area contributed by atoms with Gasteiger partial charge in [0.25, 0.3) is 5.69 Å². The first-order valence-electron chi connectivity index (χ1n) is 7.56. The SMILES string of the molecule is COCCCNc1ccc(S(=O)(=O)N2CCOCC2)cc1[N+](=O)[O-]. The lowest BCUT2D eigenvalue weighted by molar-refractivity contribution is -0.384. The number of hydrogen-bond acceptors (Lipinski definition) is 7. The summed E-state index contributed by atoms with van der Waals surface area (Å²) in [5.41, 5.74) is 0.0266. The maximum Gasteiger partial charge on any atom is 0.293 e. The molecule has 1 aromatic rings. The third-order valence-corrected chi connectivity index (χ3v) is 5.51. The zero-order chi connectivity index (χ0) is 17.6. The molecule has 1 saturated heterocycles. The van der Waals surface area contributed by atoms with Gasteiger partial charge in [-0.1, -0.05) is 0 Å². The van der Waals surface area contributed by atoms with Crippen molar-refractivity contribution >= 4 is 21.4 Å². The quantitative estimate of drug-likeness (QED) is 0.420. The maximum atomic E-state index is 12.6. The zero-order valence-electron chi connectivity index (χ0n) is 13.4. The van der Waals surface area contributed by atoms with Gasteiger partial charge >= 0.3 is 0 Å². The number of nitro groups is 1. The Bertz CT molecular complexity index is 673. The molecule has 0 unspecified atom stereocenters. The van der Waals surface area contributed by atoms with Gasteiger partial charge in [-0.15, -0.1) is 0 Å². The van der Waals surface area contributed by atoms with E-state index in [1.165, 1.54) is 16.4 Å². The van der Waals surface area contributed by atoms with Crippen LogP contribution in [0.25, 0.3) is 0 Å². The summed E-state index contributed by atoms with van der Waals surface area (Å²) >= 11 is 0. The van der Waals surface area contributed by atoms with Crippen LogP contribution in [0.5, 0.6) is 0 Å².